The molecule has 0 unspecified atom stereocenters. The number of anilines is 2. The molecular formula is C22H23N5O. The van der Waals surface area contributed by atoms with E-state index in [4.69, 9.17) is 0 Å². The molecule has 3 aromatic rings. The van der Waals surface area contributed by atoms with Crippen molar-refractivity contribution in [1.82, 2.24) is 15.2 Å². The normalized spacial score (nSPS) is 14.6. The summed E-state index contributed by atoms with van der Waals surface area (Å²) in [6.45, 7) is 1.93. The van der Waals surface area contributed by atoms with Gasteiger partial charge in [-0.05, 0) is 55.0 Å². The zero-order chi connectivity index (χ0) is 19.2. The van der Waals surface area contributed by atoms with Gasteiger partial charge in [0.15, 0.2) is 11.5 Å². The summed E-state index contributed by atoms with van der Waals surface area (Å²) in [6, 6.07) is 17.8. The molecule has 6 heteroatoms. The molecule has 1 N–H and O–H groups in total. The standard InChI is InChI=1S/C22H23N5O/c28-22(24-19-8-12-23-13-9-19)20-6-7-21(26-25-20)27-14-10-18(11-15-27)16-17-4-2-1-3-5-17/h1-9,12-13,18H,10-11,14-16H2,(H,23,24,28). The summed E-state index contributed by atoms with van der Waals surface area (Å²) in [6.07, 6.45) is 6.67. The highest BCUT2D eigenvalue weighted by atomic mass is 16.1. The fourth-order valence-corrected chi connectivity index (χ4v) is 3.56. The first-order valence-electron chi connectivity index (χ1n) is 9.62. The fourth-order valence-electron chi connectivity index (χ4n) is 3.56. The maximum Gasteiger partial charge on any atom is 0.276 e. The van der Waals surface area contributed by atoms with E-state index in [0.29, 0.717) is 17.3 Å². The molecule has 1 saturated heterocycles. The number of nitrogens with zero attached hydrogens (tertiary/aromatic N) is 4. The minimum absolute atomic E-state index is 0.271. The molecule has 1 aliphatic rings. The molecule has 0 saturated carbocycles. The zero-order valence-corrected chi connectivity index (χ0v) is 15.7. The van der Waals surface area contributed by atoms with Gasteiger partial charge in [0, 0.05) is 31.2 Å². The van der Waals surface area contributed by atoms with Crippen LogP contribution in [-0.2, 0) is 6.42 Å². The van der Waals surface area contributed by atoms with Gasteiger partial charge in [0.1, 0.15) is 0 Å². The molecule has 1 amide bonds. The number of pyridine rings is 1. The van der Waals surface area contributed by atoms with Gasteiger partial charge in [0.05, 0.1) is 0 Å². The molecule has 6 nitrogen and oxygen atoms in total. The zero-order valence-electron chi connectivity index (χ0n) is 15.7. The highest BCUT2D eigenvalue weighted by molar-refractivity contribution is 6.02. The molecule has 0 aliphatic carbocycles. The van der Waals surface area contributed by atoms with E-state index in [1.54, 1.807) is 30.6 Å². The van der Waals surface area contributed by atoms with Crippen LogP contribution in [0.4, 0.5) is 11.5 Å². The third kappa shape index (κ3) is 4.52. The van der Waals surface area contributed by atoms with Crippen molar-refractivity contribution < 1.29 is 4.79 Å². The summed E-state index contributed by atoms with van der Waals surface area (Å²) in [4.78, 5) is 18.5. The number of carbonyl (C=O) groups excluding carboxylic acids is 1. The van der Waals surface area contributed by atoms with E-state index in [-0.39, 0.29) is 5.91 Å². The lowest BCUT2D eigenvalue weighted by molar-refractivity contribution is 0.102. The minimum Gasteiger partial charge on any atom is -0.355 e. The summed E-state index contributed by atoms with van der Waals surface area (Å²) in [5, 5.41) is 11.2. The smallest absolute Gasteiger partial charge is 0.276 e. The van der Waals surface area contributed by atoms with E-state index in [0.717, 1.165) is 38.2 Å². The van der Waals surface area contributed by atoms with Crippen molar-refractivity contribution in [2.24, 2.45) is 5.92 Å². The Morgan fingerprint density at radius 1 is 0.964 bits per heavy atom. The van der Waals surface area contributed by atoms with Gasteiger partial charge in [-0.25, -0.2) is 0 Å². The van der Waals surface area contributed by atoms with E-state index >= 15 is 0 Å². The predicted octanol–water partition coefficient (Wildman–Crippen LogP) is 3.58. The highest BCUT2D eigenvalue weighted by Crippen LogP contribution is 2.24. The van der Waals surface area contributed by atoms with E-state index in [2.05, 4.69) is 55.7 Å². The molecule has 0 bridgehead atoms. The summed E-state index contributed by atoms with van der Waals surface area (Å²) < 4.78 is 0. The van der Waals surface area contributed by atoms with Crippen LogP contribution in [0.2, 0.25) is 0 Å². The van der Waals surface area contributed by atoms with Crippen molar-refractivity contribution in [3.05, 3.63) is 78.2 Å². The second kappa shape index (κ2) is 8.61. The number of amides is 1. The van der Waals surface area contributed by atoms with Gasteiger partial charge in [-0.2, -0.15) is 0 Å². The first-order chi connectivity index (χ1) is 13.8. The summed E-state index contributed by atoms with van der Waals surface area (Å²) in [5.41, 5.74) is 2.40. The number of rotatable bonds is 5. The monoisotopic (exact) mass is 373 g/mol. The van der Waals surface area contributed by atoms with Gasteiger partial charge < -0.3 is 10.2 Å². The van der Waals surface area contributed by atoms with Gasteiger partial charge in [-0.15, -0.1) is 10.2 Å². The number of aromatic nitrogens is 3. The Morgan fingerprint density at radius 2 is 1.71 bits per heavy atom. The van der Waals surface area contributed by atoms with Crippen molar-refractivity contribution in [3.63, 3.8) is 0 Å². The van der Waals surface area contributed by atoms with E-state index in [9.17, 15) is 4.79 Å². The Balaban J connectivity index is 1.31. The maximum atomic E-state index is 12.3. The average Bonchev–Trinajstić information content (AvgIpc) is 2.76. The third-order valence-corrected chi connectivity index (χ3v) is 5.13. The van der Waals surface area contributed by atoms with Crippen LogP contribution in [0.5, 0.6) is 0 Å². The van der Waals surface area contributed by atoms with Crippen LogP contribution in [0.1, 0.15) is 28.9 Å². The molecule has 28 heavy (non-hydrogen) atoms. The van der Waals surface area contributed by atoms with Gasteiger partial charge in [-0.3, -0.25) is 9.78 Å². The van der Waals surface area contributed by atoms with E-state index in [1.165, 1.54) is 5.56 Å². The number of piperidine rings is 1. The molecule has 2 aromatic heterocycles. The van der Waals surface area contributed by atoms with Crippen molar-refractivity contribution in [3.8, 4) is 0 Å². The number of nitrogens with one attached hydrogen (secondary N) is 1. The first kappa shape index (κ1) is 18.1. The third-order valence-electron chi connectivity index (χ3n) is 5.13. The van der Waals surface area contributed by atoms with E-state index in [1.807, 2.05) is 6.07 Å². The van der Waals surface area contributed by atoms with Crippen molar-refractivity contribution in [2.45, 2.75) is 19.3 Å². The predicted molar refractivity (Wildman–Crippen MR) is 109 cm³/mol. The molecule has 0 radical (unpaired) electrons. The SMILES string of the molecule is O=C(Nc1ccncc1)c1ccc(N2CCC(Cc3ccccc3)CC2)nn1. The lowest BCUT2D eigenvalue weighted by Gasteiger charge is -2.32. The summed E-state index contributed by atoms with van der Waals surface area (Å²) in [7, 11) is 0. The van der Waals surface area contributed by atoms with Gasteiger partial charge >= 0.3 is 0 Å². The van der Waals surface area contributed by atoms with E-state index < -0.39 is 0 Å². The largest absolute Gasteiger partial charge is 0.355 e. The quantitative estimate of drug-likeness (QED) is 0.740. The van der Waals surface area contributed by atoms with Gasteiger partial charge in [0.25, 0.3) is 5.91 Å². The molecule has 1 aromatic carbocycles. The molecule has 142 valence electrons. The number of benzene rings is 1. The van der Waals surface area contributed by atoms with Gasteiger partial charge in [0.2, 0.25) is 0 Å². The Morgan fingerprint density at radius 3 is 2.39 bits per heavy atom. The molecular weight excluding hydrogens is 350 g/mol. The average molecular weight is 373 g/mol. The van der Waals surface area contributed by atoms with Crippen LogP contribution in [0.15, 0.2) is 67.0 Å². The second-order valence-electron chi connectivity index (χ2n) is 7.09. The number of hydrogen-bond donors (Lipinski definition) is 1. The molecule has 0 atom stereocenters. The molecule has 4 rings (SSSR count). The summed E-state index contributed by atoms with van der Waals surface area (Å²) in [5.74, 6) is 1.27. The first-order valence-corrected chi connectivity index (χ1v) is 9.62. The highest BCUT2D eigenvalue weighted by Gasteiger charge is 2.21. The fraction of sp³-hybridized carbons (Fsp3) is 0.273. The van der Waals surface area contributed by atoms with Crippen LogP contribution in [-0.4, -0.2) is 34.2 Å². The Hall–Kier alpha value is -3.28. The Labute approximate surface area is 164 Å². The Bertz CT molecular complexity index is 891. The number of carbonyl (C=O) groups is 1. The van der Waals surface area contributed by atoms with Crippen LogP contribution >= 0.6 is 0 Å². The van der Waals surface area contributed by atoms with Crippen molar-refractivity contribution in [1.29, 1.82) is 0 Å². The maximum absolute atomic E-state index is 12.3. The topological polar surface area (TPSA) is 71.0 Å². The van der Waals surface area contributed by atoms with Crippen LogP contribution in [0.3, 0.4) is 0 Å². The molecule has 0 spiro atoms. The van der Waals surface area contributed by atoms with Gasteiger partial charge in [-0.1, -0.05) is 30.3 Å². The molecule has 1 aliphatic heterocycles. The lowest BCUT2D eigenvalue weighted by atomic mass is 9.90. The minimum atomic E-state index is -0.271. The summed E-state index contributed by atoms with van der Waals surface area (Å²) >= 11 is 0. The lowest BCUT2D eigenvalue weighted by Crippen LogP contribution is -2.35. The van der Waals surface area contributed by atoms with Crippen LogP contribution in [0.25, 0.3) is 0 Å². The Kier molecular flexibility index (Phi) is 5.56. The molecule has 3 heterocycles. The van der Waals surface area contributed by atoms with Crippen LogP contribution in [0, 0.1) is 5.92 Å². The second-order valence-corrected chi connectivity index (χ2v) is 7.09. The number of hydrogen-bond acceptors (Lipinski definition) is 5. The van der Waals surface area contributed by atoms with Crippen molar-refractivity contribution >= 4 is 17.4 Å². The van der Waals surface area contributed by atoms with Crippen molar-refractivity contribution in [2.75, 3.05) is 23.3 Å². The molecule has 1 fully saturated rings. The van der Waals surface area contributed by atoms with Crippen LogP contribution < -0.4 is 10.2 Å².